The number of rotatable bonds is 11. The number of methoxy groups -OCH3 is 1. The third-order valence-corrected chi connectivity index (χ3v) is 9.85. The first-order valence-corrected chi connectivity index (χ1v) is 17.6. The molecule has 2 aromatic heterocycles. The van der Waals surface area contributed by atoms with Crippen molar-refractivity contribution < 1.29 is 39.2 Å². The molecule has 53 heavy (non-hydrogen) atoms. The molecular formula is C37H44N8O8. The van der Waals surface area contributed by atoms with Crippen LogP contribution >= 0.6 is 0 Å². The Balaban J connectivity index is 1.11. The van der Waals surface area contributed by atoms with Gasteiger partial charge in [0.15, 0.2) is 0 Å². The van der Waals surface area contributed by atoms with Crippen molar-refractivity contribution in [3.63, 3.8) is 0 Å². The van der Waals surface area contributed by atoms with Gasteiger partial charge in [-0.3, -0.25) is 9.59 Å². The molecule has 6 rings (SSSR count). The van der Waals surface area contributed by atoms with E-state index in [0.717, 1.165) is 46.5 Å². The number of amides is 4. The summed E-state index contributed by atoms with van der Waals surface area (Å²) >= 11 is 0. The minimum atomic E-state index is -1.38. The molecule has 2 aliphatic rings. The van der Waals surface area contributed by atoms with Crippen molar-refractivity contribution in [2.45, 2.75) is 75.9 Å². The van der Waals surface area contributed by atoms with Gasteiger partial charge in [-0.2, -0.15) is 0 Å². The first-order valence-electron chi connectivity index (χ1n) is 17.6. The molecule has 7 N–H and O–H groups in total. The number of benzene rings is 2. The maximum Gasteiger partial charge on any atom is 0.407 e. The van der Waals surface area contributed by atoms with Gasteiger partial charge in [0, 0.05) is 13.1 Å². The molecule has 2 saturated heterocycles. The minimum Gasteiger partial charge on any atom is -0.465 e. The highest BCUT2D eigenvalue weighted by molar-refractivity contribution is 5.87. The summed E-state index contributed by atoms with van der Waals surface area (Å²) in [5, 5.41) is 34.0. The van der Waals surface area contributed by atoms with Gasteiger partial charge in [0.25, 0.3) is 0 Å². The van der Waals surface area contributed by atoms with Crippen LogP contribution in [0.25, 0.3) is 33.6 Å². The number of imidazole rings is 2. The van der Waals surface area contributed by atoms with Crippen LogP contribution in [0.2, 0.25) is 0 Å². The normalized spacial score (nSPS) is 19.3. The second-order valence-electron chi connectivity index (χ2n) is 13.4. The Hall–Kier alpha value is -5.74. The summed E-state index contributed by atoms with van der Waals surface area (Å²) in [5.41, 5.74) is 5.38. The fourth-order valence-corrected chi connectivity index (χ4v) is 7.07. The van der Waals surface area contributed by atoms with E-state index in [1.165, 1.54) is 21.0 Å². The van der Waals surface area contributed by atoms with Crippen LogP contribution in [0.5, 0.6) is 0 Å². The summed E-state index contributed by atoms with van der Waals surface area (Å²) in [4.78, 5) is 68.6. The number of aromatic amines is 2. The second kappa shape index (κ2) is 15.9. The highest BCUT2D eigenvalue weighted by Gasteiger charge is 2.39. The predicted molar refractivity (Wildman–Crippen MR) is 192 cm³/mol. The number of carbonyl (C=O) groups is 4. The number of ether oxygens (including phenoxy) is 1. The lowest BCUT2D eigenvalue weighted by molar-refractivity contribution is -0.137. The van der Waals surface area contributed by atoms with Crippen LogP contribution in [0.15, 0.2) is 60.9 Å². The van der Waals surface area contributed by atoms with E-state index in [2.05, 4.69) is 35.3 Å². The van der Waals surface area contributed by atoms with Crippen LogP contribution in [0.3, 0.4) is 0 Å². The number of alkyl carbamates (subject to hydrolysis) is 1. The molecular weight excluding hydrogens is 684 g/mol. The number of hydrogen-bond acceptors (Lipinski definition) is 9. The van der Waals surface area contributed by atoms with Crippen molar-refractivity contribution in [2.24, 2.45) is 0 Å². The molecule has 1 unspecified atom stereocenters. The van der Waals surface area contributed by atoms with Crippen LogP contribution < -0.4 is 10.6 Å². The Bertz CT molecular complexity index is 1920. The van der Waals surface area contributed by atoms with Gasteiger partial charge in [-0.15, -0.1) is 0 Å². The number of carboxylic acid groups (broad SMARTS) is 1. The zero-order chi connectivity index (χ0) is 37.8. The smallest absolute Gasteiger partial charge is 0.407 e. The van der Waals surface area contributed by atoms with Gasteiger partial charge >= 0.3 is 12.2 Å². The van der Waals surface area contributed by atoms with E-state index in [1.807, 2.05) is 48.5 Å². The predicted octanol–water partition coefficient (Wildman–Crippen LogP) is 3.58. The van der Waals surface area contributed by atoms with E-state index in [4.69, 9.17) is 5.11 Å². The average Bonchev–Trinajstić information content (AvgIpc) is 3.98. The van der Waals surface area contributed by atoms with E-state index in [1.54, 1.807) is 22.2 Å². The molecule has 4 heterocycles. The van der Waals surface area contributed by atoms with E-state index in [-0.39, 0.29) is 12.1 Å². The summed E-state index contributed by atoms with van der Waals surface area (Å²) in [6.07, 6.45) is 1.80. The molecule has 0 aliphatic carbocycles. The van der Waals surface area contributed by atoms with Gasteiger partial charge in [-0.25, -0.2) is 19.6 Å². The third kappa shape index (κ3) is 8.03. The highest BCUT2D eigenvalue weighted by Crippen LogP contribution is 2.35. The molecule has 2 aliphatic heterocycles. The fourth-order valence-electron chi connectivity index (χ4n) is 7.07. The lowest BCUT2D eigenvalue weighted by atomic mass is 10.0. The van der Waals surface area contributed by atoms with E-state index < -0.39 is 48.3 Å². The summed E-state index contributed by atoms with van der Waals surface area (Å²) in [6, 6.07) is 12.9. The fraction of sp³-hybridized carbons (Fsp3) is 0.405. The van der Waals surface area contributed by atoms with Gasteiger partial charge in [0.1, 0.15) is 23.7 Å². The van der Waals surface area contributed by atoms with Crippen LogP contribution in [0, 0.1) is 0 Å². The first-order chi connectivity index (χ1) is 25.4. The van der Waals surface area contributed by atoms with Gasteiger partial charge in [-0.05, 0) is 61.8 Å². The quantitative estimate of drug-likeness (QED) is 0.119. The SMILES string of the molecule is COC(=O)N[C@H](C(=O)N1CCCC1c1ncc(-c2ccc(-c3ccc(-c4cnc([C@@H]5CCCN5C(=O)[C@@H](NC(=O)O)[C@H](C)O)[nH]4)cc3)cc2)[nH]1)[C@@H](C)O. The summed E-state index contributed by atoms with van der Waals surface area (Å²) in [6.45, 7) is 3.73. The van der Waals surface area contributed by atoms with Crippen molar-refractivity contribution in [2.75, 3.05) is 20.2 Å². The lowest BCUT2D eigenvalue weighted by Gasteiger charge is -2.29. The Morgan fingerprint density at radius 2 is 1.11 bits per heavy atom. The van der Waals surface area contributed by atoms with Crippen molar-refractivity contribution in [1.29, 1.82) is 0 Å². The van der Waals surface area contributed by atoms with Crippen LogP contribution in [0.4, 0.5) is 9.59 Å². The highest BCUT2D eigenvalue weighted by atomic mass is 16.5. The second-order valence-corrected chi connectivity index (χ2v) is 13.4. The zero-order valence-corrected chi connectivity index (χ0v) is 29.7. The topological polar surface area (TPSA) is 226 Å². The Labute approximate surface area is 305 Å². The lowest BCUT2D eigenvalue weighted by Crippen LogP contribution is -2.53. The number of hydrogen-bond donors (Lipinski definition) is 7. The van der Waals surface area contributed by atoms with Crippen LogP contribution in [-0.2, 0) is 14.3 Å². The number of likely N-dealkylation sites (tertiary alicyclic amines) is 2. The van der Waals surface area contributed by atoms with Gasteiger partial charge in [0.2, 0.25) is 11.8 Å². The number of aromatic nitrogens is 4. The molecule has 0 bridgehead atoms. The molecule has 0 spiro atoms. The third-order valence-electron chi connectivity index (χ3n) is 9.85. The maximum absolute atomic E-state index is 13.3. The molecule has 4 aromatic rings. The Morgan fingerprint density at radius 3 is 1.49 bits per heavy atom. The number of H-pyrrole nitrogens is 2. The average molecular weight is 729 g/mol. The number of nitrogens with one attached hydrogen (secondary N) is 4. The zero-order valence-electron chi connectivity index (χ0n) is 29.7. The van der Waals surface area contributed by atoms with E-state index in [0.29, 0.717) is 37.6 Å². The summed E-state index contributed by atoms with van der Waals surface area (Å²) in [7, 11) is 1.20. The maximum atomic E-state index is 13.3. The van der Waals surface area contributed by atoms with Crippen LogP contribution in [-0.4, -0.2) is 114 Å². The van der Waals surface area contributed by atoms with Crippen molar-refractivity contribution in [3.8, 4) is 33.6 Å². The molecule has 0 saturated carbocycles. The van der Waals surface area contributed by atoms with Crippen molar-refractivity contribution >= 4 is 24.0 Å². The van der Waals surface area contributed by atoms with E-state index in [9.17, 15) is 29.4 Å². The number of carbonyl (C=O) groups excluding carboxylic acids is 3. The monoisotopic (exact) mass is 728 g/mol. The van der Waals surface area contributed by atoms with E-state index >= 15 is 0 Å². The number of aliphatic hydroxyl groups excluding tert-OH is 2. The molecule has 16 nitrogen and oxygen atoms in total. The summed E-state index contributed by atoms with van der Waals surface area (Å²) in [5.74, 6) is 0.331. The van der Waals surface area contributed by atoms with Crippen molar-refractivity contribution in [1.82, 2.24) is 40.4 Å². The first kappa shape index (κ1) is 37.0. The number of aliphatic hydroxyl groups is 2. The van der Waals surface area contributed by atoms with Gasteiger partial charge in [0.05, 0.1) is 55.2 Å². The number of nitrogens with zero attached hydrogens (tertiary/aromatic N) is 4. The van der Waals surface area contributed by atoms with Crippen LogP contribution in [0.1, 0.15) is 63.3 Å². The Kier molecular flexibility index (Phi) is 11.1. The molecule has 4 amide bonds. The molecule has 0 radical (unpaired) electrons. The molecule has 2 aromatic carbocycles. The van der Waals surface area contributed by atoms with Crippen molar-refractivity contribution in [3.05, 3.63) is 72.6 Å². The molecule has 280 valence electrons. The Morgan fingerprint density at radius 1 is 0.717 bits per heavy atom. The summed E-state index contributed by atoms with van der Waals surface area (Å²) < 4.78 is 4.63. The van der Waals surface area contributed by atoms with Gasteiger partial charge in [-0.1, -0.05) is 48.5 Å². The molecule has 6 atom stereocenters. The molecule has 2 fully saturated rings. The largest absolute Gasteiger partial charge is 0.465 e. The molecule has 16 heteroatoms. The standard InChI is InChI=1S/C37H44N8O8/c1-20(46)30(42-36(50)51)34(48)44-16-4-6-28(44)32-38-18-26(40-32)24-12-8-22(9-13-24)23-10-14-25(15-11-23)27-19-39-33(41-27)29-7-5-17-45(29)35(49)31(21(2)47)43-37(52)53-3/h8-15,18-21,28-31,42,46-47H,4-7,16-17H2,1-3H3,(H,38,40)(H,39,41)(H,43,52)(H,50,51)/t20-,21+,28-,29?,30-,31-/m0/s1. The minimum absolute atomic E-state index is 0.330. The van der Waals surface area contributed by atoms with Gasteiger partial charge < -0.3 is 50.5 Å².